The van der Waals surface area contributed by atoms with E-state index < -0.39 is 239 Å². The van der Waals surface area contributed by atoms with E-state index in [4.69, 9.17) is 37.9 Å². The molecule has 1 aromatic carbocycles. The van der Waals surface area contributed by atoms with E-state index in [1.807, 2.05) is 26.9 Å². The van der Waals surface area contributed by atoms with E-state index in [1.54, 1.807) is 12.1 Å². The van der Waals surface area contributed by atoms with Crippen LogP contribution in [0.1, 0.15) is 46.0 Å². The molecule has 44 nitrogen and oxygen atoms in total. The minimum absolute atomic E-state index is 0.243. The van der Waals surface area contributed by atoms with Crippen LogP contribution in [-0.4, -0.2) is 322 Å². The topological polar surface area (TPSA) is 696 Å². The molecular weight excluding hydrogens is 1460 g/mol. The lowest BCUT2D eigenvalue weighted by atomic mass is 9.94. The standard InChI is InChI=1S/C48H74N4O40S6/c1-17(53)50-27-38(36(91-97(75,76)77)24(15-82-95(69,70)71)84-45(27)81-14-23(56)30(59)29(58)22(55)13-49-19-6-5-7-20(12-19)52-26(57)9-4-3-8-21-10-11-93-94-21)86-48-35(64)33(62)40(42(90-48)44(67)68)88-46-28(51-18(2)54)39(87-47-34(63)31(60)32(61)41(89-47)43(65)66)37(92-98(78,79)80)25(85-46)16-83-96(72,73)74/h5-7,12,21-25,27-42,45-49,55-56,58-64H,3-4,8-11,13-16H2,1-2H3,(H,50,53)(H,51,54)(H,52,57)(H,65,66)(H,67,68)(H,69,70,71)(H,72,73,74)(H,75,76,77)(H,78,79,80)/p-4/t21?,22-,23+,24+,25+,27+,28+,29+,30+,31-,32-,33+,34+,35+,36-,37-,38+,39+,40-,41-,42-,45+,46-,47+,48+/m0/s1. The maximum absolute atomic E-state index is 13.2. The predicted molar refractivity (Wildman–Crippen MR) is 311 cm³/mol. The monoisotopic (exact) mass is 1530 g/mol. The summed E-state index contributed by atoms with van der Waals surface area (Å²) in [5.74, 6) is -6.09. The van der Waals surface area contributed by atoms with Crippen LogP contribution in [0.4, 0.5) is 11.4 Å². The Labute approximate surface area is 564 Å². The van der Waals surface area contributed by atoms with Crippen molar-refractivity contribution in [2.24, 2.45) is 0 Å². The highest BCUT2D eigenvalue weighted by molar-refractivity contribution is 8.77. The van der Waals surface area contributed by atoms with E-state index in [1.165, 1.54) is 12.1 Å². The fourth-order valence-corrected chi connectivity index (χ4v) is 15.1. The Balaban J connectivity index is 1.26. The summed E-state index contributed by atoms with van der Waals surface area (Å²) in [5, 5.41) is 130. The fourth-order valence-electron chi connectivity index (χ4n) is 10.4. The Kier molecular flexibility index (Phi) is 30.3. The van der Waals surface area contributed by atoms with Gasteiger partial charge < -0.3 is 134 Å². The number of aliphatic carboxylic acids is 2. The molecule has 5 aliphatic rings. The number of hydrogen-bond donors (Lipinski definition) is 15. The molecule has 5 fully saturated rings. The number of carbonyl (C=O) groups excluding carboxylic acids is 3. The van der Waals surface area contributed by atoms with Gasteiger partial charge in [-0.2, -0.15) is 0 Å². The van der Waals surface area contributed by atoms with Crippen LogP contribution in [0.25, 0.3) is 0 Å². The third-order valence-electron chi connectivity index (χ3n) is 14.9. The number of aliphatic hydroxyl groups is 9. The van der Waals surface area contributed by atoms with Gasteiger partial charge in [0.2, 0.25) is 59.3 Å². The number of nitrogens with one attached hydrogen (secondary N) is 4. The van der Waals surface area contributed by atoms with Gasteiger partial charge in [0.1, 0.15) is 104 Å². The van der Waals surface area contributed by atoms with Crippen molar-refractivity contribution >= 4 is 104 Å². The van der Waals surface area contributed by atoms with Crippen LogP contribution in [0.5, 0.6) is 0 Å². The zero-order valence-electron chi connectivity index (χ0n) is 50.5. The Morgan fingerprint density at radius 1 is 0.592 bits per heavy atom. The number of benzene rings is 1. The van der Waals surface area contributed by atoms with Crippen molar-refractivity contribution in [1.29, 1.82) is 0 Å². The largest absolute Gasteiger partial charge is 0.726 e. The van der Waals surface area contributed by atoms with E-state index in [0.29, 0.717) is 30.0 Å². The fraction of sp³-hybridized carbons (Fsp3) is 0.771. The molecule has 562 valence electrons. The second-order valence-corrected chi connectivity index (χ2v) is 29.1. The van der Waals surface area contributed by atoms with Gasteiger partial charge in [0, 0.05) is 49.2 Å². The average Bonchev–Trinajstić information content (AvgIpc) is 0.794. The molecular formula is C48H70N4O40S6-4. The highest BCUT2D eigenvalue weighted by Gasteiger charge is 2.59. The molecule has 25 atom stereocenters. The zero-order chi connectivity index (χ0) is 73.1. The molecule has 0 spiro atoms. The first-order chi connectivity index (χ1) is 45.5. The van der Waals surface area contributed by atoms with Gasteiger partial charge >= 0.3 is 11.9 Å². The first kappa shape index (κ1) is 82.8. The van der Waals surface area contributed by atoms with E-state index >= 15 is 0 Å². The van der Waals surface area contributed by atoms with Crippen molar-refractivity contribution in [2.75, 3.05) is 42.8 Å². The van der Waals surface area contributed by atoms with Gasteiger partial charge in [0.05, 0.1) is 25.9 Å². The van der Waals surface area contributed by atoms with Crippen molar-refractivity contribution in [1.82, 2.24) is 10.6 Å². The number of rotatable bonds is 35. The van der Waals surface area contributed by atoms with E-state index in [9.17, 15) is 132 Å². The highest BCUT2D eigenvalue weighted by Crippen LogP contribution is 2.41. The Morgan fingerprint density at radius 2 is 1.08 bits per heavy atom. The van der Waals surface area contributed by atoms with Gasteiger partial charge in [-0.25, -0.2) is 43.3 Å². The van der Waals surface area contributed by atoms with Crippen molar-refractivity contribution in [2.45, 2.75) is 198 Å². The van der Waals surface area contributed by atoms with Crippen molar-refractivity contribution in [3.8, 4) is 0 Å². The first-order valence-corrected chi connectivity index (χ1v) is 36.5. The number of carboxylic acid groups (broad SMARTS) is 2. The lowest BCUT2D eigenvalue weighted by Gasteiger charge is -2.50. The minimum atomic E-state index is -6.20. The second kappa shape index (κ2) is 35.8. The van der Waals surface area contributed by atoms with Gasteiger partial charge in [-0.05, 0) is 37.5 Å². The van der Waals surface area contributed by atoms with Crippen LogP contribution in [0.3, 0.4) is 0 Å². The van der Waals surface area contributed by atoms with E-state index in [2.05, 4.69) is 32.7 Å². The van der Waals surface area contributed by atoms with Crippen molar-refractivity contribution < 1.29 is 187 Å². The Bertz CT molecular complexity index is 3320. The molecule has 50 heteroatoms. The SMILES string of the molecule is CC(=O)N[C@H]1[C@H](O[C@H]2[C@H](O)[C@@H](O)[C@H](O[C@@H]3[C@@H](NC(C)=O)[C@H](OC[C@@H](O)[C@@H](O)[C@H](O)[C@@H](O)CNc4cccc(NC(=O)CCCCC5CCSS5)c4)O[C@H](COS(=O)(=O)[O-])[C@@H]3OS(=O)(=O)[O-])O[C@@H]2C(=O)O)O[C@H](COS(=O)(=O)[O-])[C@H](OS(=O)(=O)[O-])[C@@H]1O[C@@H]1O[C@H](C(=O)O)[C@@H](O)[C@H](O)[C@H]1O. The molecule has 98 heavy (non-hydrogen) atoms. The van der Waals surface area contributed by atoms with E-state index in [-0.39, 0.29) is 12.3 Å². The van der Waals surface area contributed by atoms with Crippen LogP contribution in [-0.2, 0) is 120 Å². The molecule has 1 aromatic rings. The Morgan fingerprint density at radius 3 is 1.58 bits per heavy atom. The highest BCUT2D eigenvalue weighted by atomic mass is 33.1. The third-order valence-corrected chi connectivity index (χ3v) is 19.6. The molecule has 0 saturated carbocycles. The van der Waals surface area contributed by atoms with Gasteiger partial charge in [0.15, 0.2) is 37.4 Å². The minimum Gasteiger partial charge on any atom is -0.726 e. The maximum atomic E-state index is 13.2. The smallest absolute Gasteiger partial charge is 0.335 e. The summed E-state index contributed by atoms with van der Waals surface area (Å²) in [6.07, 6.45) is -53.9. The summed E-state index contributed by atoms with van der Waals surface area (Å²) >= 11 is 0. The number of aliphatic hydroxyl groups excluding tert-OH is 9. The van der Waals surface area contributed by atoms with E-state index in [0.717, 1.165) is 31.9 Å². The lowest BCUT2D eigenvalue weighted by molar-refractivity contribution is -0.367. The molecule has 5 aliphatic heterocycles. The molecule has 15 N–H and O–H groups in total. The maximum Gasteiger partial charge on any atom is 0.335 e. The van der Waals surface area contributed by atoms with Crippen LogP contribution < -0.4 is 21.3 Å². The quantitative estimate of drug-likeness (QED) is 0.0130. The number of carbonyl (C=O) groups is 5. The lowest BCUT2D eigenvalue weighted by Crippen LogP contribution is -2.71. The molecule has 0 bridgehead atoms. The molecule has 0 aromatic heterocycles. The van der Waals surface area contributed by atoms with Gasteiger partial charge in [0.25, 0.3) is 0 Å². The molecule has 3 amide bonds. The average molecular weight is 1540 g/mol. The molecule has 0 aliphatic carbocycles. The van der Waals surface area contributed by atoms with Crippen molar-refractivity contribution in [3.05, 3.63) is 24.3 Å². The third kappa shape index (κ3) is 24.5. The summed E-state index contributed by atoms with van der Waals surface area (Å²) in [4.78, 5) is 63.6. The summed E-state index contributed by atoms with van der Waals surface area (Å²) in [7, 11) is -20.5. The van der Waals surface area contributed by atoms with Crippen LogP contribution in [0, 0.1) is 0 Å². The number of amides is 3. The molecule has 1 unspecified atom stereocenters. The predicted octanol–water partition coefficient (Wildman–Crippen LogP) is -9.11. The van der Waals surface area contributed by atoms with Crippen molar-refractivity contribution in [3.63, 3.8) is 0 Å². The summed E-state index contributed by atoms with van der Waals surface area (Å²) in [6.45, 7) is -3.97. The Hall–Kier alpha value is -4.13. The summed E-state index contributed by atoms with van der Waals surface area (Å²) in [6, 6.07) is 1.28. The summed E-state index contributed by atoms with van der Waals surface area (Å²) in [5.41, 5.74) is 0.646. The van der Waals surface area contributed by atoms with Gasteiger partial charge in [-0.1, -0.05) is 34.1 Å². The number of carboxylic acids is 2. The zero-order valence-corrected chi connectivity index (χ0v) is 55.4. The number of anilines is 2. The first-order valence-electron chi connectivity index (χ1n) is 28.7. The van der Waals surface area contributed by atoms with Crippen LogP contribution in [0.15, 0.2) is 24.3 Å². The van der Waals surface area contributed by atoms with Gasteiger partial charge in [-0.3, -0.25) is 31.1 Å². The molecule has 0 radical (unpaired) electrons. The summed E-state index contributed by atoms with van der Waals surface area (Å²) < 4.78 is 206. The molecule has 5 heterocycles. The molecule has 5 saturated heterocycles. The van der Waals surface area contributed by atoms with Crippen LogP contribution >= 0.6 is 21.6 Å². The number of hydrogen-bond acceptors (Lipinski definition) is 41. The molecule has 6 rings (SSSR count). The number of ether oxygens (including phenoxy) is 8. The van der Waals surface area contributed by atoms with Crippen LogP contribution in [0.2, 0.25) is 0 Å². The second-order valence-electron chi connectivity index (χ2n) is 22.2. The normalized spacial score (nSPS) is 33.9. The number of unbranched alkanes of at least 4 members (excludes halogenated alkanes) is 1. The van der Waals surface area contributed by atoms with Gasteiger partial charge in [-0.15, -0.1) is 0 Å².